The Balaban J connectivity index is 2.75. The van der Waals surface area contributed by atoms with Crippen molar-refractivity contribution >= 4 is 35.1 Å². The second-order valence-electron chi connectivity index (χ2n) is 13.7. The van der Waals surface area contributed by atoms with Crippen molar-refractivity contribution in [2.75, 3.05) is 11.9 Å². The zero-order valence-electron chi connectivity index (χ0n) is 30.4. The van der Waals surface area contributed by atoms with Crippen LogP contribution in [0.25, 0.3) is 0 Å². The first-order chi connectivity index (χ1) is 23.2. The van der Waals surface area contributed by atoms with Crippen LogP contribution in [0.5, 0.6) is 0 Å². The van der Waals surface area contributed by atoms with E-state index in [1.165, 1.54) is 0 Å². The van der Waals surface area contributed by atoms with Crippen LogP contribution in [0.3, 0.4) is 0 Å². The Kier molecular flexibility index (Phi) is 22.0. The highest BCUT2D eigenvalue weighted by Gasteiger charge is 2.29. The van der Waals surface area contributed by atoms with Crippen LogP contribution in [-0.2, 0) is 35.4 Å². The number of carbonyl (C=O) groups is 5. The summed E-state index contributed by atoms with van der Waals surface area (Å²) in [5, 5.41) is 20.4. The molecule has 4 amide bonds. The summed E-state index contributed by atoms with van der Waals surface area (Å²) in [6.07, 6.45) is 5.61. The number of rotatable bonds is 26. The molecule has 1 unspecified atom stereocenters. The van der Waals surface area contributed by atoms with Crippen molar-refractivity contribution in [3.05, 3.63) is 29.8 Å². The Labute approximate surface area is 292 Å². The fourth-order valence-electron chi connectivity index (χ4n) is 4.93. The molecule has 0 aliphatic heterocycles. The van der Waals surface area contributed by atoms with E-state index in [-0.39, 0.29) is 42.5 Å². The van der Waals surface area contributed by atoms with Gasteiger partial charge in [-0.1, -0.05) is 72.9 Å². The van der Waals surface area contributed by atoms with Crippen molar-refractivity contribution in [2.45, 2.75) is 137 Å². The first-order valence-electron chi connectivity index (χ1n) is 17.8. The number of unbranched alkanes of at least 4 members (excludes halogenated alkanes) is 3. The fraction of sp³-hybridized carbons (Fsp3) is 0.694. The smallest absolute Gasteiger partial charge is 0.246 e. The van der Waals surface area contributed by atoms with E-state index in [1.54, 1.807) is 38.1 Å². The molecule has 0 fully saturated rings. The van der Waals surface area contributed by atoms with E-state index >= 15 is 0 Å². The maximum absolute atomic E-state index is 13.4. The summed E-state index contributed by atoms with van der Waals surface area (Å²) in [6.45, 7) is 12.2. The zero-order chi connectivity index (χ0) is 36.8. The van der Waals surface area contributed by atoms with E-state index in [1.807, 2.05) is 13.8 Å². The second kappa shape index (κ2) is 24.7. The van der Waals surface area contributed by atoms with Gasteiger partial charge in [0.15, 0.2) is 6.35 Å². The molecule has 0 saturated carbocycles. The lowest BCUT2D eigenvalue weighted by Gasteiger charge is -2.25. The Bertz CT molecular complexity index is 1140. The zero-order valence-corrected chi connectivity index (χ0v) is 30.4. The molecule has 8 N–H and O–H groups in total. The van der Waals surface area contributed by atoms with Gasteiger partial charge in [-0.25, -0.2) is 5.48 Å². The topological polar surface area (TPSA) is 201 Å². The molecule has 1 rings (SSSR count). The number of aliphatic hydroxyl groups excluding tert-OH is 1. The van der Waals surface area contributed by atoms with Gasteiger partial charge in [0.2, 0.25) is 23.6 Å². The molecule has 0 spiro atoms. The van der Waals surface area contributed by atoms with Gasteiger partial charge in [0.05, 0.1) is 6.61 Å². The minimum atomic E-state index is -1.15. The standard InChI is InChI=1S/C36H62N6O7/c1-24(2)13-8-7-9-16-32(45)42-49-23-27-18-20-28(21-19-27)39-34(46)29(14-10-11-22-38-36(37)48)40-35(47)33(26(5)6)41-31(44)17-12-15-30(43)25(3)4/h18-21,24-26,29,33,36,38,48H,7-17,22-23,37H2,1-6H3,(H,39,46)(H,40,47)(H,41,44)(H,42,45)/t29-,33-,36?/m0/s1. The highest BCUT2D eigenvalue weighted by Crippen LogP contribution is 2.14. The summed E-state index contributed by atoms with van der Waals surface area (Å²) in [6, 6.07) is 5.18. The number of anilines is 1. The maximum Gasteiger partial charge on any atom is 0.246 e. The number of nitrogens with two attached hydrogens (primary N) is 1. The van der Waals surface area contributed by atoms with Crippen molar-refractivity contribution in [3.8, 4) is 0 Å². The van der Waals surface area contributed by atoms with Crippen molar-refractivity contribution in [2.24, 2.45) is 23.5 Å². The van der Waals surface area contributed by atoms with Gasteiger partial charge in [-0.05, 0) is 68.2 Å². The minimum absolute atomic E-state index is 0.0843. The molecule has 3 atom stereocenters. The van der Waals surface area contributed by atoms with Crippen LogP contribution in [0, 0.1) is 17.8 Å². The Morgan fingerprint density at radius 2 is 1.41 bits per heavy atom. The van der Waals surface area contributed by atoms with Gasteiger partial charge < -0.3 is 21.1 Å². The lowest BCUT2D eigenvalue weighted by Crippen LogP contribution is -2.54. The predicted molar refractivity (Wildman–Crippen MR) is 190 cm³/mol. The number of hydrogen-bond acceptors (Lipinski definition) is 9. The molecular weight excluding hydrogens is 628 g/mol. The van der Waals surface area contributed by atoms with E-state index < -0.39 is 30.2 Å². The first-order valence-corrected chi connectivity index (χ1v) is 17.8. The molecule has 0 aliphatic rings. The van der Waals surface area contributed by atoms with Gasteiger partial charge in [-0.15, -0.1) is 0 Å². The van der Waals surface area contributed by atoms with Crippen LogP contribution >= 0.6 is 0 Å². The van der Waals surface area contributed by atoms with E-state index in [0.717, 1.165) is 31.2 Å². The lowest BCUT2D eigenvalue weighted by atomic mass is 10.0. The molecule has 0 saturated heterocycles. The largest absolute Gasteiger partial charge is 0.366 e. The van der Waals surface area contributed by atoms with Gasteiger partial charge in [0.1, 0.15) is 17.9 Å². The summed E-state index contributed by atoms with van der Waals surface area (Å²) in [5.74, 6) is -1.00. The number of hydrogen-bond donors (Lipinski definition) is 7. The summed E-state index contributed by atoms with van der Waals surface area (Å²) in [4.78, 5) is 68.7. The minimum Gasteiger partial charge on any atom is -0.366 e. The van der Waals surface area contributed by atoms with Crippen LogP contribution in [0.1, 0.15) is 118 Å². The third-order valence-electron chi connectivity index (χ3n) is 7.97. The number of Topliss-reactive ketones (excluding diaryl/α,β-unsaturated/α-hetero) is 1. The highest BCUT2D eigenvalue weighted by atomic mass is 16.6. The Morgan fingerprint density at radius 1 is 0.755 bits per heavy atom. The fourth-order valence-corrected chi connectivity index (χ4v) is 4.93. The number of benzene rings is 1. The van der Waals surface area contributed by atoms with Crippen LogP contribution < -0.4 is 32.5 Å². The van der Waals surface area contributed by atoms with Crippen molar-refractivity contribution < 1.29 is 33.9 Å². The van der Waals surface area contributed by atoms with Gasteiger partial charge in [0.25, 0.3) is 0 Å². The van der Waals surface area contributed by atoms with Gasteiger partial charge >= 0.3 is 0 Å². The first kappa shape index (κ1) is 43.6. The molecule has 13 heteroatoms. The van der Waals surface area contributed by atoms with Crippen LogP contribution in [0.15, 0.2) is 24.3 Å². The lowest BCUT2D eigenvalue weighted by molar-refractivity contribution is -0.134. The van der Waals surface area contributed by atoms with Crippen LogP contribution in [0.4, 0.5) is 5.69 Å². The van der Waals surface area contributed by atoms with Crippen LogP contribution in [-0.4, -0.2) is 59.5 Å². The number of aliphatic hydroxyl groups is 1. The maximum atomic E-state index is 13.4. The molecule has 0 aromatic heterocycles. The number of amides is 4. The molecule has 0 bridgehead atoms. The van der Waals surface area contributed by atoms with Crippen molar-refractivity contribution in [1.82, 2.24) is 21.4 Å². The average Bonchev–Trinajstić information content (AvgIpc) is 3.02. The van der Waals surface area contributed by atoms with Gasteiger partial charge in [-0.3, -0.25) is 39.9 Å². The third kappa shape index (κ3) is 20.7. The monoisotopic (exact) mass is 690 g/mol. The molecule has 1 aromatic rings. The summed E-state index contributed by atoms with van der Waals surface area (Å²) in [7, 11) is 0. The number of nitrogens with one attached hydrogen (secondary N) is 5. The van der Waals surface area contributed by atoms with E-state index in [4.69, 9.17) is 10.6 Å². The van der Waals surface area contributed by atoms with E-state index in [2.05, 4.69) is 40.6 Å². The predicted octanol–water partition coefficient (Wildman–Crippen LogP) is 3.79. The summed E-state index contributed by atoms with van der Waals surface area (Å²) >= 11 is 0. The van der Waals surface area contributed by atoms with E-state index in [0.29, 0.717) is 56.7 Å². The molecule has 49 heavy (non-hydrogen) atoms. The second-order valence-corrected chi connectivity index (χ2v) is 13.7. The molecule has 13 nitrogen and oxygen atoms in total. The van der Waals surface area contributed by atoms with Crippen molar-refractivity contribution in [1.29, 1.82) is 0 Å². The average molecular weight is 691 g/mol. The molecule has 0 aliphatic carbocycles. The Morgan fingerprint density at radius 3 is 2.02 bits per heavy atom. The molecule has 278 valence electrons. The quantitative estimate of drug-likeness (QED) is 0.0429. The van der Waals surface area contributed by atoms with Gasteiger partial charge in [0, 0.05) is 30.9 Å². The van der Waals surface area contributed by atoms with Crippen molar-refractivity contribution in [3.63, 3.8) is 0 Å². The van der Waals surface area contributed by atoms with Gasteiger partial charge in [-0.2, -0.15) is 0 Å². The molecule has 0 heterocycles. The third-order valence-corrected chi connectivity index (χ3v) is 7.97. The summed E-state index contributed by atoms with van der Waals surface area (Å²) in [5.41, 5.74) is 9.10. The SMILES string of the molecule is CC(C)CCCCCC(=O)NOCc1ccc(NC(=O)[C@H](CCCCNC(N)O)NC(=O)[C@@H](NC(=O)CCCC(=O)C(C)C)C(C)C)cc1. The number of ketones is 1. The molecular formula is C36H62N6O7. The summed E-state index contributed by atoms with van der Waals surface area (Å²) < 4.78 is 0. The number of carbonyl (C=O) groups excluding carboxylic acids is 5. The normalized spacial score (nSPS) is 13.2. The highest BCUT2D eigenvalue weighted by molar-refractivity contribution is 5.98. The van der Waals surface area contributed by atoms with Crippen LogP contribution in [0.2, 0.25) is 0 Å². The molecule has 1 aromatic carbocycles. The van der Waals surface area contributed by atoms with E-state index in [9.17, 15) is 29.1 Å². The number of hydroxylamine groups is 1. The molecule has 0 radical (unpaired) electrons. The Hall–Kier alpha value is -3.39.